The van der Waals surface area contributed by atoms with Gasteiger partial charge in [-0.25, -0.2) is 4.98 Å². The lowest BCUT2D eigenvalue weighted by molar-refractivity contribution is 0.0934. The number of carbonyl (C=O) groups excluding carboxylic acids is 1. The van der Waals surface area contributed by atoms with Crippen molar-refractivity contribution in [3.8, 4) is 5.19 Å². The lowest BCUT2D eigenvalue weighted by Gasteiger charge is -2.02. The van der Waals surface area contributed by atoms with Crippen molar-refractivity contribution in [1.82, 2.24) is 10.3 Å². The number of ketones is 1. The lowest BCUT2D eigenvalue weighted by atomic mass is 10.0. The Morgan fingerprint density at radius 1 is 1.79 bits per heavy atom. The van der Waals surface area contributed by atoms with Crippen molar-refractivity contribution >= 4 is 17.1 Å². The molecule has 0 spiro atoms. The number of Topliss-reactive ketones (excluding diaryl/α,β-unsaturated/α-hetero) is 1. The van der Waals surface area contributed by atoms with Crippen LogP contribution in [-0.4, -0.2) is 31.0 Å². The van der Waals surface area contributed by atoms with Crippen LogP contribution in [0, 0.1) is 5.92 Å². The number of aromatic nitrogens is 1. The van der Waals surface area contributed by atoms with Crippen LogP contribution in [0.1, 0.15) is 16.1 Å². The summed E-state index contributed by atoms with van der Waals surface area (Å²) in [6.07, 6.45) is 2.53. The van der Waals surface area contributed by atoms with Gasteiger partial charge < -0.3 is 10.1 Å². The maximum Gasteiger partial charge on any atom is 0.273 e. The van der Waals surface area contributed by atoms with Gasteiger partial charge in [0.1, 0.15) is 0 Å². The van der Waals surface area contributed by atoms with Crippen molar-refractivity contribution < 1.29 is 9.53 Å². The van der Waals surface area contributed by atoms with Crippen LogP contribution < -0.4 is 10.1 Å². The number of hydrogen-bond donors (Lipinski definition) is 1. The first kappa shape index (κ1) is 9.61. The molecule has 1 atom stereocenters. The third-order valence-corrected chi connectivity index (χ3v) is 3.31. The van der Waals surface area contributed by atoms with Gasteiger partial charge in [-0.15, -0.1) is 0 Å². The van der Waals surface area contributed by atoms with E-state index in [2.05, 4.69) is 10.3 Å². The third-order valence-electron chi connectivity index (χ3n) is 2.33. The zero-order valence-corrected chi connectivity index (χ0v) is 8.76. The van der Waals surface area contributed by atoms with E-state index in [-0.39, 0.29) is 11.7 Å². The van der Waals surface area contributed by atoms with Crippen molar-refractivity contribution in [3.05, 3.63) is 11.1 Å². The zero-order valence-electron chi connectivity index (χ0n) is 7.95. The summed E-state index contributed by atoms with van der Waals surface area (Å²) in [5, 5.41) is 3.73. The summed E-state index contributed by atoms with van der Waals surface area (Å²) >= 11 is 1.32. The number of rotatable bonds is 3. The van der Waals surface area contributed by atoms with Crippen molar-refractivity contribution in [2.24, 2.45) is 5.92 Å². The molecular formula is C9H12N2O2S. The van der Waals surface area contributed by atoms with E-state index < -0.39 is 0 Å². The summed E-state index contributed by atoms with van der Waals surface area (Å²) < 4.78 is 4.95. The van der Waals surface area contributed by atoms with E-state index in [0.717, 1.165) is 19.5 Å². The van der Waals surface area contributed by atoms with Crippen LogP contribution >= 0.6 is 11.3 Å². The predicted molar refractivity (Wildman–Crippen MR) is 54.0 cm³/mol. The molecule has 0 saturated carbocycles. The van der Waals surface area contributed by atoms with Gasteiger partial charge in [0.25, 0.3) is 5.19 Å². The maximum atomic E-state index is 11.9. The summed E-state index contributed by atoms with van der Waals surface area (Å²) in [7, 11) is 1.56. The summed E-state index contributed by atoms with van der Waals surface area (Å²) in [5.41, 5.74) is 0. The van der Waals surface area contributed by atoms with Crippen LogP contribution in [0.15, 0.2) is 6.20 Å². The molecule has 2 rings (SSSR count). The number of carbonyl (C=O) groups is 1. The zero-order chi connectivity index (χ0) is 9.97. The second-order valence-corrected chi connectivity index (χ2v) is 4.24. The van der Waals surface area contributed by atoms with Gasteiger partial charge in [0, 0.05) is 12.5 Å². The van der Waals surface area contributed by atoms with Gasteiger partial charge in [-0.1, -0.05) is 11.3 Å². The standard InChI is InChI=1S/C9H12N2O2S/c1-13-9-11-5-7(14-9)8(12)6-2-3-10-4-6/h5-6,10H,2-4H2,1H3. The van der Waals surface area contributed by atoms with Crippen molar-refractivity contribution in [1.29, 1.82) is 0 Å². The topological polar surface area (TPSA) is 51.2 Å². The van der Waals surface area contributed by atoms with E-state index in [4.69, 9.17) is 4.74 Å². The molecule has 0 aliphatic carbocycles. The van der Waals surface area contributed by atoms with Gasteiger partial charge in [-0.3, -0.25) is 4.79 Å². The molecule has 0 amide bonds. The van der Waals surface area contributed by atoms with E-state index in [1.807, 2.05) is 0 Å². The smallest absolute Gasteiger partial charge is 0.273 e. The summed E-state index contributed by atoms with van der Waals surface area (Å²) in [6.45, 7) is 1.73. The van der Waals surface area contributed by atoms with Gasteiger partial charge in [0.05, 0.1) is 18.2 Å². The molecule has 1 N–H and O–H groups in total. The fourth-order valence-corrected chi connectivity index (χ4v) is 2.30. The number of methoxy groups -OCH3 is 1. The molecule has 1 aromatic rings. The number of ether oxygens (including phenoxy) is 1. The Morgan fingerprint density at radius 3 is 3.21 bits per heavy atom. The Labute approximate surface area is 86.3 Å². The van der Waals surface area contributed by atoms with Crippen molar-refractivity contribution in [2.45, 2.75) is 6.42 Å². The average Bonchev–Trinajstić information content (AvgIpc) is 2.88. The summed E-state index contributed by atoms with van der Waals surface area (Å²) in [5.74, 6) is 0.316. The van der Waals surface area contributed by atoms with Crippen LogP contribution in [0.2, 0.25) is 0 Å². The minimum atomic E-state index is 0.125. The molecule has 76 valence electrons. The van der Waals surface area contributed by atoms with E-state index in [1.54, 1.807) is 13.3 Å². The van der Waals surface area contributed by atoms with Gasteiger partial charge in [0.15, 0.2) is 5.78 Å². The van der Waals surface area contributed by atoms with E-state index in [9.17, 15) is 4.79 Å². The quantitative estimate of drug-likeness (QED) is 0.758. The highest BCUT2D eigenvalue weighted by Crippen LogP contribution is 2.24. The van der Waals surface area contributed by atoms with Gasteiger partial charge in [-0.2, -0.15) is 0 Å². The second-order valence-electron chi connectivity index (χ2n) is 3.25. The first-order chi connectivity index (χ1) is 6.81. The molecule has 2 heterocycles. The molecule has 1 saturated heterocycles. The van der Waals surface area contributed by atoms with Crippen LogP contribution in [0.5, 0.6) is 5.19 Å². The molecule has 0 aromatic carbocycles. The number of nitrogens with one attached hydrogen (secondary N) is 1. The van der Waals surface area contributed by atoms with Crippen molar-refractivity contribution in [3.63, 3.8) is 0 Å². The molecule has 1 fully saturated rings. The van der Waals surface area contributed by atoms with Gasteiger partial charge in [-0.05, 0) is 13.0 Å². The van der Waals surface area contributed by atoms with Crippen LogP contribution in [0.25, 0.3) is 0 Å². The molecule has 0 bridgehead atoms. The lowest BCUT2D eigenvalue weighted by Crippen LogP contribution is -2.16. The van der Waals surface area contributed by atoms with Crippen LogP contribution in [0.4, 0.5) is 0 Å². The first-order valence-electron chi connectivity index (χ1n) is 4.56. The Kier molecular flexibility index (Phi) is 2.79. The summed E-state index contributed by atoms with van der Waals surface area (Å²) in [6, 6.07) is 0. The minimum Gasteiger partial charge on any atom is -0.473 e. The average molecular weight is 212 g/mol. The molecular weight excluding hydrogens is 200 g/mol. The molecule has 1 unspecified atom stereocenters. The number of thiazole rings is 1. The minimum absolute atomic E-state index is 0.125. The van der Waals surface area contributed by atoms with E-state index in [0.29, 0.717) is 10.1 Å². The van der Waals surface area contributed by atoms with E-state index >= 15 is 0 Å². The fourth-order valence-electron chi connectivity index (χ4n) is 1.55. The summed E-state index contributed by atoms with van der Waals surface area (Å²) in [4.78, 5) is 16.5. The number of nitrogens with zero attached hydrogens (tertiary/aromatic N) is 1. The molecule has 4 nitrogen and oxygen atoms in total. The Morgan fingerprint density at radius 2 is 2.64 bits per heavy atom. The normalized spacial score (nSPS) is 21.1. The SMILES string of the molecule is COc1ncc(C(=O)C2CCNC2)s1. The van der Waals surface area contributed by atoms with Crippen molar-refractivity contribution in [2.75, 3.05) is 20.2 Å². The largest absolute Gasteiger partial charge is 0.473 e. The number of hydrogen-bond acceptors (Lipinski definition) is 5. The Bertz CT molecular complexity index is 331. The molecule has 14 heavy (non-hydrogen) atoms. The monoisotopic (exact) mass is 212 g/mol. The molecule has 1 aliphatic heterocycles. The van der Waals surface area contributed by atoms with Crippen LogP contribution in [0.3, 0.4) is 0 Å². The van der Waals surface area contributed by atoms with E-state index in [1.165, 1.54) is 11.3 Å². The van der Waals surface area contributed by atoms with Crippen LogP contribution in [-0.2, 0) is 0 Å². The molecule has 1 aromatic heterocycles. The Hall–Kier alpha value is -0.940. The maximum absolute atomic E-state index is 11.9. The molecule has 5 heteroatoms. The van der Waals surface area contributed by atoms with Gasteiger partial charge in [0.2, 0.25) is 0 Å². The highest BCUT2D eigenvalue weighted by Gasteiger charge is 2.25. The highest BCUT2D eigenvalue weighted by molar-refractivity contribution is 7.15. The molecule has 0 radical (unpaired) electrons. The first-order valence-corrected chi connectivity index (χ1v) is 5.37. The van der Waals surface area contributed by atoms with Gasteiger partial charge >= 0.3 is 0 Å². The molecule has 1 aliphatic rings. The highest BCUT2D eigenvalue weighted by atomic mass is 32.1. The second kappa shape index (κ2) is 4.06. The third kappa shape index (κ3) is 1.78. The Balaban J connectivity index is 2.09. The fraction of sp³-hybridized carbons (Fsp3) is 0.556. The predicted octanol–water partition coefficient (Wildman–Crippen LogP) is 0.944.